The molecule has 6 rings (SSSR count). The minimum absolute atomic E-state index is 0.272. The normalized spacial score (nSPS) is 11.8. The lowest BCUT2D eigenvalue weighted by molar-refractivity contribution is 0.475. The fraction of sp³-hybridized carbons (Fsp3) is 0.0323. The standard InChI is InChI=1S/C31H22OS/c32-25-20-18-24(19-21-25)31(22-10-3-1-4-11-22,23-12-5-2-6-13-23)28-16-9-15-27-26-14-7-8-17-29(26)33-30(27)28/h1-21,32H. The highest BCUT2D eigenvalue weighted by atomic mass is 32.1. The lowest BCUT2D eigenvalue weighted by Crippen LogP contribution is -2.31. The van der Waals surface area contributed by atoms with Gasteiger partial charge in [0, 0.05) is 20.2 Å². The van der Waals surface area contributed by atoms with Crippen molar-refractivity contribution in [2.24, 2.45) is 0 Å². The molecule has 5 aromatic carbocycles. The van der Waals surface area contributed by atoms with Crippen molar-refractivity contribution >= 4 is 31.5 Å². The summed E-state index contributed by atoms with van der Waals surface area (Å²) in [6.45, 7) is 0. The van der Waals surface area contributed by atoms with Gasteiger partial charge >= 0.3 is 0 Å². The van der Waals surface area contributed by atoms with E-state index >= 15 is 0 Å². The van der Waals surface area contributed by atoms with Gasteiger partial charge < -0.3 is 5.11 Å². The summed E-state index contributed by atoms with van der Waals surface area (Å²) in [5.41, 5.74) is 4.25. The summed E-state index contributed by atoms with van der Waals surface area (Å²) in [5.74, 6) is 0.272. The van der Waals surface area contributed by atoms with Crippen molar-refractivity contribution in [2.45, 2.75) is 5.41 Å². The van der Waals surface area contributed by atoms with Crippen LogP contribution in [0.15, 0.2) is 127 Å². The Labute approximate surface area is 197 Å². The topological polar surface area (TPSA) is 20.2 Å². The summed E-state index contributed by atoms with van der Waals surface area (Å²) in [6.07, 6.45) is 0. The average Bonchev–Trinajstić information content (AvgIpc) is 3.26. The minimum Gasteiger partial charge on any atom is -0.508 e. The number of rotatable bonds is 4. The quantitative estimate of drug-likeness (QED) is 0.273. The van der Waals surface area contributed by atoms with E-state index in [1.165, 1.54) is 36.9 Å². The Morgan fingerprint density at radius 3 is 1.70 bits per heavy atom. The van der Waals surface area contributed by atoms with Gasteiger partial charge in [-0.2, -0.15) is 0 Å². The summed E-state index contributed by atoms with van der Waals surface area (Å²) < 4.78 is 2.58. The van der Waals surface area contributed by atoms with Crippen molar-refractivity contribution < 1.29 is 5.11 Å². The summed E-state index contributed by atoms with van der Waals surface area (Å²) >= 11 is 1.85. The van der Waals surface area contributed by atoms with Crippen LogP contribution in [0, 0.1) is 0 Å². The lowest BCUT2D eigenvalue weighted by atomic mass is 9.65. The van der Waals surface area contributed by atoms with Gasteiger partial charge in [-0.1, -0.05) is 109 Å². The van der Waals surface area contributed by atoms with Crippen LogP contribution in [-0.4, -0.2) is 5.11 Å². The maximum absolute atomic E-state index is 10.1. The predicted molar refractivity (Wildman–Crippen MR) is 139 cm³/mol. The molecule has 0 saturated heterocycles. The number of thiophene rings is 1. The molecule has 0 unspecified atom stereocenters. The molecule has 1 N–H and O–H groups in total. The number of fused-ring (bicyclic) bond motifs is 3. The zero-order chi connectivity index (χ0) is 22.3. The highest BCUT2D eigenvalue weighted by Gasteiger charge is 2.39. The van der Waals surface area contributed by atoms with Gasteiger partial charge in [-0.15, -0.1) is 11.3 Å². The van der Waals surface area contributed by atoms with Crippen LogP contribution in [-0.2, 0) is 5.41 Å². The first-order valence-corrected chi connectivity index (χ1v) is 11.9. The van der Waals surface area contributed by atoms with E-state index in [1.54, 1.807) is 12.1 Å². The highest BCUT2D eigenvalue weighted by Crippen LogP contribution is 2.50. The number of benzene rings is 5. The van der Waals surface area contributed by atoms with Gasteiger partial charge in [-0.05, 0) is 40.5 Å². The van der Waals surface area contributed by atoms with Gasteiger partial charge in [0.15, 0.2) is 0 Å². The smallest absolute Gasteiger partial charge is 0.115 e. The Morgan fingerprint density at radius 2 is 1.03 bits per heavy atom. The zero-order valence-electron chi connectivity index (χ0n) is 18.0. The van der Waals surface area contributed by atoms with Gasteiger partial charge in [0.25, 0.3) is 0 Å². The van der Waals surface area contributed by atoms with E-state index in [2.05, 4.69) is 115 Å². The van der Waals surface area contributed by atoms with Crippen molar-refractivity contribution in [3.63, 3.8) is 0 Å². The van der Waals surface area contributed by atoms with Crippen molar-refractivity contribution in [2.75, 3.05) is 0 Å². The zero-order valence-corrected chi connectivity index (χ0v) is 18.8. The second kappa shape index (κ2) is 7.91. The lowest BCUT2D eigenvalue weighted by Gasteiger charge is -2.37. The molecule has 0 bridgehead atoms. The van der Waals surface area contributed by atoms with Gasteiger partial charge in [0.1, 0.15) is 5.75 Å². The Morgan fingerprint density at radius 1 is 0.485 bits per heavy atom. The molecule has 1 heterocycles. The number of phenolic OH excluding ortho intramolecular Hbond substituents is 1. The number of phenols is 1. The second-order valence-electron chi connectivity index (χ2n) is 8.31. The molecule has 0 atom stereocenters. The van der Waals surface area contributed by atoms with Crippen LogP contribution in [0.5, 0.6) is 5.75 Å². The van der Waals surface area contributed by atoms with E-state index in [4.69, 9.17) is 0 Å². The third-order valence-corrected chi connectivity index (χ3v) is 7.74. The Kier molecular flexibility index (Phi) is 4.74. The third kappa shape index (κ3) is 3.06. The van der Waals surface area contributed by atoms with E-state index in [-0.39, 0.29) is 5.75 Å². The predicted octanol–water partition coefficient (Wildman–Crippen LogP) is 8.14. The van der Waals surface area contributed by atoms with E-state index < -0.39 is 5.41 Å². The molecule has 1 aromatic heterocycles. The molecule has 0 aliphatic carbocycles. The molecule has 0 fully saturated rings. The Hall–Kier alpha value is -3.88. The summed E-state index contributed by atoms with van der Waals surface area (Å²) in [7, 11) is 0. The first-order valence-electron chi connectivity index (χ1n) is 11.1. The molecule has 1 nitrogen and oxygen atoms in total. The molecular weight excluding hydrogens is 420 g/mol. The molecule has 0 amide bonds. The van der Waals surface area contributed by atoms with Crippen LogP contribution >= 0.6 is 11.3 Å². The Balaban J connectivity index is 1.82. The number of aromatic hydroxyl groups is 1. The van der Waals surface area contributed by atoms with Crippen LogP contribution in [0.4, 0.5) is 0 Å². The minimum atomic E-state index is -0.531. The van der Waals surface area contributed by atoms with Crippen LogP contribution in [0.2, 0.25) is 0 Å². The van der Waals surface area contributed by atoms with Crippen molar-refractivity contribution in [3.05, 3.63) is 150 Å². The molecular formula is C31H22OS. The van der Waals surface area contributed by atoms with Crippen molar-refractivity contribution in [3.8, 4) is 5.75 Å². The molecule has 0 spiro atoms. The van der Waals surface area contributed by atoms with Gasteiger partial charge in [0.05, 0.1) is 5.41 Å². The largest absolute Gasteiger partial charge is 0.508 e. The molecule has 158 valence electrons. The average molecular weight is 443 g/mol. The monoisotopic (exact) mass is 442 g/mol. The van der Waals surface area contributed by atoms with Crippen molar-refractivity contribution in [1.29, 1.82) is 0 Å². The van der Waals surface area contributed by atoms with Crippen LogP contribution in [0.1, 0.15) is 22.3 Å². The van der Waals surface area contributed by atoms with Crippen LogP contribution in [0.25, 0.3) is 20.2 Å². The van der Waals surface area contributed by atoms with E-state index in [0.717, 1.165) is 5.56 Å². The third-order valence-electron chi connectivity index (χ3n) is 6.52. The van der Waals surface area contributed by atoms with Gasteiger partial charge in [-0.3, -0.25) is 0 Å². The maximum atomic E-state index is 10.1. The molecule has 6 aromatic rings. The summed E-state index contributed by atoms with van der Waals surface area (Å²) in [6, 6.07) is 44.4. The number of hydrogen-bond donors (Lipinski definition) is 1. The molecule has 0 aliphatic rings. The van der Waals surface area contributed by atoms with E-state index in [9.17, 15) is 5.11 Å². The van der Waals surface area contributed by atoms with Crippen LogP contribution < -0.4 is 0 Å². The fourth-order valence-electron chi connectivity index (χ4n) is 5.10. The molecule has 0 saturated carbocycles. The van der Waals surface area contributed by atoms with Crippen LogP contribution in [0.3, 0.4) is 0 Å². The molecule has 33 heavy (non-hydrogen) atoms. The van der Waals surface area contributed by atoms with Gasteiger partial charge in [0.2, 0.25) is 0 Å². The molecule has 0 radical (unpaired) electrons. The second-order valence-corrected chi connectivity index (χ2v) is 9.36. The molecule has 0 aliphatic heterocycles. The number of hydrogen-bond acceptors (Lipinski definition) is 2. The Bertz CT molecular complexity index is 1510. The van der Waals surface area contributed by atoms with E-state index in [1.807, 2.05) is 11.3 Å². The summed E-state index contributed by atoms with van der Waals surface area (Å²) in [4.78, 5) is 0. The SMILES string of the molecule is Oc1ccc(C(c2ccccc2)(c2ccccc2)c2cccc3c2sc2ccccc23)cc1. The fourth-order valence-corrected chi connectivity index (χ4v) is 6.37. The van der Waals surface area contributed by atoms with Gasteiger partial charge in [-0.25, -0.2) is 0 Å². The van der Waals surface area contributed by atoms with Crippen molar-refractivity contribution in [1.82, 2.24) is 0 Å². The first kappa shape index (κ1) is 19.8. The van der Waals surface area contributed by atoms with E-state index in [0.29, 0.717) is 0 Å². The molecule has 2 heteroatoms. The summed E-state index contributed by atoms with van der Waals surface area (Å²) in [5, 5.41) is 12.7. The highest BCUT2D eigenvalue weighted by molar-refractivity contribution is 7.26. The first-order chi connectivity index (χ1) is 16.3. The maximum Gasteiger partial charge on any atom is 0.115 e.